The summed E-state index contributed by atoms with van der Waals surface area (Å²) in [4.78, 5) is 11.0. The van der Waals surface area contributed by atoms with Gasteiger partial charge in [-0.3, -0.25) is 4.79 Å². The van der Waals surface area contributed by atoms with Crippen molar-refractivity contribution < 1.29 is 13.2 Å². The van der Waals surface area contributed by atoms with Crippen molar-refractivity contribution in [2.75, 3.05) is 24.7 Å². The molecule has 94 valence electrons. The molecular weight excluding hydrogens is 252 g/mol. The van der Waals surface area contributed by atoms with E-state index in [0.29, 0.717) is 13.1 Å². The Kier molecular flexibility index (Phi) is 5.01. The number of hydrogen-bond donors (Lipinski definition) is 1. The van der Waals surface area contributed by atoms with Crippen molar-refractivity contribution in [3.8, 4) is 0 Å². The van der Waals surface area contributed by atoms with Crippen LogP contribution in [0.25, 0.3) is 0 Å². The standard InChI is InChI=1S/C9H17ClN2O3S/c1-2-16(14,15)12-5-3-4-8(12)7-11-9(13)6-10/h8H,2-7H2,1H3,(H,11,13). The summed E-state index contributed by atoms with van der Waals surface area (Å²) in [5, 5.41) is 2.62. The van der Waals surface area contributed by atoms with Crippen LogP contribution in [0.3, 0.4) is 0 Å². The molecule has 1 heterocycles. The summed E-state index contributed by atoms with van der Waals surface area (Å²) in [7, 11) is -3.15. The molecule has 7 heteroatoms. The number of nitrogens with zero attached hydrogens (tertiary/aromatic N) is 1. The molecule has 1 rings (SSSR count). The summed E-state index contributed by atoms with van der Waals surface area (Å²) in [5.41, 5.74) is 0. The molecule has 0 aromatic heterocycles. The van der Waals surface area contributed by atoms with Crippen LogP contribution in [0.2, 0.25) is 0 Å². The maximum atomic E-state index is 11.7. The van der Waals surface area contributed by atoms with Gasteiger partial charge >= 0.3 is 0 Å². The quantitative estimate of drug-likeness (QED) is 0.722. The monoisotopic (exact) mass is 268 g/mol. The first-order valence-corrected chi connectivity index (χ1v) is 7.47. The van der Waals surface area contributed by atoms with E-state index in [0.717, 1.165) is 12.8 Å². The zero-order chi connectivity index (χ0) is 12.2. The number of nitrogens with one attached hydrogen (secondary N) is 1. The highest BCUT2D eigenvalue weighted by molar-refractivity contribution is 7.89. The van der Waals surface area contributed by atoms with E-state index in [4.69, 9.17) is 11.6 Å². The second kappa shape index (κ2) is 5.84. The molecular formula is C9H17ClN2O3S. The van der Waals surface area contributed by atoms with Crippen LogP contribution in [0, 0.1) is 0 Å². The second-order valence-corrected chi connectivity index (χ2v) is 6.22. The normalized spacial score (nSPS) is 22.2. The lowest BCUT2D eigenvalue weighted by atomic mass is 10.2. The number of halogens is 1. The Morgan fingerprint density at radius 2 is 2.25 bits per heavy atom. The summed E-state index contributed by atoms with van der Waals surface area (Å²) < 4.78 is 24.9. The largest absolute Gasteiger partial charge is 0.353 e. The van der Waals surface area contributed by atoms with E-state index in [1.807, 2.05) is 0 Å². The fourth-order valence-corrected chi connectivity index (χ4v) is 3.29. The average Bonchev–Trinajstić information content (AvgIpc) is 2.74. The molecule has 1 aliphatic rings. The van der Waals surface area contributed by atoms with Crippen molar-refractivity contribution in [1.82, 2.24) is 9.62 Å². The van der Waals surface area contributed by atoms with Gasteiger partial charge in [0.1, 0.15) is 5.88 Å². The molecule has 0 saturated carbocycles. The zero-order valence-corrected chi connectivity index (χ0v) is 10.9. The van der Waals surface area contributed by atoms with E-state index >= 15 is 0 Å². The van der Waals surface area contributed by atoms with Gasteiger partial charge in [-0.15, -0.1) is 11.6 Å². The van der Waals surface area contributed by atoms with Gasteiger partial charge in [0.2, 0.25) is 15.9 Å². The summed E-state index contributed by atoms with van der Waals surface area (Å²) in [5.74, 6) is -0.248. The van der Waals surface area contributed by atoms with Crippen molar-refractivity contribution in [3.63, 3.8) is 0 Å². The van der Waals surface area contributed by atoms with Gasteiger partial charge in [-0.1, -0.05) is 0 Å². The van der Waals surface area contributed by atoms with Gasteiger partial charge < -0.3 is 5.32 Å². The lowest BCUT2D eigenvalue weighted by Gasteiger charge is -2.23. The Hall–Kier alpha value is -0.330. The zero-order valence-electron chi connectivity index (χ0n) is 9.28. The molecule has 0 aliphatic carbocycles. The molecule has 1 unspecified atom stereocenters. The molecule has 1 saturated heterocycles. The van der Waals surface area contributed by atoms with Crippen molar-refractivity contribution >= 4 is 27.5 Å². The molecule has 1 amide bonds. The predicted molar refractivity (Wildman–Crippen MR) is 62.9 cm³/mol. The van der Waals surface area contributed by atoms with Gasteiger partial charge in [0.15, 0.2) is 0 Å². The SMILES string of the molecule is CCS(=O)(=O)N1CCCC1CNC(=O)CCl. The molecule has 0 radical (unpaired) electrons. The molecule has 0 aromatic carbocycles. The number of rotatable bonds is 5. The average molecular weight is 269 g/mol. The van der Waals surface area contributed by atoms with Crippen LogP contribution in [-0.2, 0) is 14.8 Å². The Balaban J connectivity index is 2.56. The summed E-state index contributed by atoms with van der Waals surface area (Å²) in [6.45, 7) is 2.53. The summed E-state index contributed by atoms with van der Waals surface area (Å²) in [6, 6.07) is -0.114. The van der Waals surface area contributed by atoms with Gasteiger partial charge in [-0.25, -0.2) is 8.42 Å². The number of sulfonamides is 1. The maximum Gasteiger partial charge on any atom is 0.234 e. The van der Waals surface area contributed by atoms with Crippen LogP contribution in [0.15, 0.2) is 0 Å². The van der Waals surface area contributed by atoms with Crippen LogP contribution < -0.4 is 5.32 Å². The third kappa shape index (κ3) is 3.33. The lowest BCUT2D eigenvalue weighted by Crippen LogP contribution is -2.43. The van der Waals surface area contributed by atoms with Crippen molar-refractivity contribution in [2.45, 2.75) is 25.8 Å². The van der Waals surface area contributed by atoms with E-state index in [9.17, 15) is 13.2 Å². The summed E-state index contributed by atoms with van der Waals surface area (Å²) >= 11 is 5.35. The maximum absolute atomic E-state index is 11.7. The first-order chi connectivity index (χ1) is 7.51. The molecule has 0 bridgehead atoms. The number of carbonyl (C=O) groups excluding carboxylic acids is 1. The molecule has 0 aromatic rings. The van der Waals surface area contributed by atoms with E-state index in [1.54, 1.807) is 6.92 Å². The molecule has 1 aliphatic heterocycles. The van der Waals surface area contributed by atoms with Crippen LogP contribution in [0.1, 0.15) is 19.8 Å². The Labute approximate surface area is 101 Å². The van der Waals surface area contributed by atoms with E-state index in [1.165, 1.54) is 4.31 Å². The van der Waals surface area contributed by atoms with Gasteiger partial charge in [0, 0.05) is 19.1 Å². The fraction of sp³-hybridized carbons (Fsp3) is 0.889. The van der Waals surface area contributed by atoms with Gasteiger partial charge in [0.25, 0.3) is 0 Å². The van der Waals surface area contributed by atoms with E-state index < -0.39 is 10.0 Å². The van der Waals surface area contributed by atoms with Crippen molar-refractivity contribution in [2.24, 2.45) is 0 Å². The van der Waals surface area contributed by atoms with Crippen molar-refractivity contribution in [1.29, 1.82) is 0 Å². The predicted octanol–water partition coefficient (Wildman–Crippen LogP) is 0.156. The van der Waals surface area contributed by atoms with Crippen LogP contribution >= 0.6 is 11.6 Å². The first-order valence-electron chi connectivity index (χ1n) is 5.33. The van der Waals surface area contributed by atoms with Gasteiger partial charge in [0.05, 0.1) is 5.75 Å². The highest BCUT2D eigenvalue weighted by atomic mass is 35.5. The molecule has 1 atom stereocenters. The third-order valence-corrected chi connectivity index (χ3v) is 4.87. The lowest BCUT2D eigenvalue weighted by molar-refractivity contribution is -0.118. The molecule has 5 nitrogen and oxygen atoms in total. The molecule has 1 N–H and O–H groups in total. The number of hydrogen-bond acceptors (Lipinski definition) is 3. The molecule has 1 fully saturated rings. The highest BCUT2D eigenvalue weighted by Gasteiger charge is 2.32. The topological polar surface area (TPSA) is 66.5 Å². The Morgan fingerprint density at radius 3 is 2.81 bits per heavy atom. The van der Waals surface area contributed by atoms with Gasteiger partial charge in [-0.05, 0) is 19.8 Å². The minimum absolute atomic E-state index is 0.0900. The number of amides is 1. The number of carbonyl (C=O) groups is 1. The Bertz CT molecular complexity index is 345. The minimum atomic E-state index is -3.15. The van der Waals surface area contributed by atoms with Crippen LogP contribution in [0.4, 0.5) is 0 Å². The Morgan fingerprint density at radius 1 is 1.56 bits per heavy atom. The molecule has 16 heavy (non-hydrogen) atoms. The van der Waals surface area contributed by atoms with Gasteiger partial charge in [-0.2, -0.15) is 4.31 Å². The molecule has 0 spiro atoms. The fourth-order valence-electron chi connectivity index (χ4n) is 1.82. The minimum Gasteiger partial charge on any atom is -0.353 e. The van der Waals surface area contributed by atoms with Crippen LogP contribution in [-0.4, -0.2) is 49.4 Å². The number of alkyl halides is 1. The second-order valence-electron chi connectivity index (χ2n) is 3.75. The summed E-state index contributed by atoms with van der Waals surface area (Å²) in [6.07, 6.45) is 1.64. The third-order valence-electron chi connectivity index (χ3n) is 2.70. The highest BCUT2D eigenvalue weighted by Crippen LogP contribution is 2.20. The van der Waals surface area contributed by atoms with Crippen molar-refractivity contribution in [3.05, 3.63) is 0 Å². The smallest absolute Gasteiger partial charge is 0.234 e. The van der Waals surface area contributed by atoms with E-state index in [-0.39, 0.29) is 23.6 Å². The first kappa shape index (κ1) is 13.7. The van der Waals surface area contributed by atoms with Crippen LogP contribution in [0.5, 0.6) is 0 Å². The van der Waals surface area contributed by atoms with E-state index in [2.05, 4.69) is 5.32 Å².